The van der Waals surface area contributed by atoms with Gasteiger partial charge in [0.2, 0.25) is 0 Å². The second-order valence-electron chi connectivity index (χ2n) is 2.81. The largest absolute Gasteiger partial charge is 0.390 e. The molecule has 0 spiro atoms. The minimum atomic E-state index is -0.500. The first kappa shape index (κ1) is 10.1. The first-order chi connectivity index (χ1) is 6.27. The molecule has 0 bridgehead atoms. The molecule has 1 aromatic rings. The molecule has 0 radical (unpaired) electrons. The van der Waals surface area contributed by atoms with Crippen molar-refractivity contribution >= 4 is 0 Å². The molecule has 0 aromatic carbocycles. The van der Waals surface area contributed by atoms with Crippen LogP contribution >= 0.6 is 0 Å². The van der Waals surface area contributed by atoms with Crippen molar-refractivity contribution in [2.45, 2.75) is 26.0 Å². The highest BCUT2D eigenvalue weighted by Gasteiger charge is 2.09. The lowest BCUT2D eigenvalue weighted by Crippen LogP contribution is -2.19. The standard InChI is InChI=1S/C8H15N3O2/c1-3-11-8(9-6-10-11)4-7(12)5-13-2/h6-7,12H,3-5H2,1-2H3. The monoisotopic (exact) mass is 185 g/mol. The van der Waals surface area contributed by atoms with Crippen molar-refractivity contribution in [3.05, 3.63) is 12.2 Å². The molecule has 1 N–H and O–H groups in total. The van der Waals surface area contributed by atoms with E-state index in [1.54, 1.807) is 11.8 Å². The number of aromatic nitrogens is 3. The fourth-order valence-electron chi connectivity index (χ4n) is 1.17. The van der Waals surface area contributed by atoms with Crippen LogP contribution in [0.1, 0.15) is 12.7 Å². The Hall–Kier alpha value is -0.940. The predicted molar refractivity (Wildman–Crippen MR) is 47.3 cm³/mol. The summed E-state index contributed by atoms with van der Waals surface area (Å²) in [6.45, 7) is 3.09. The zero-order valence-electron chi connectivity index (χ0n) is 7.97. The molecule has 0 saturated heterocycles. The van der Waals surface area contributed by atoms with Gasteiger partial charge in [-0.05, 0) is 6.92 Å². The third-order valence-corrected chi connectivity index (χ3v) is 1.77. The van der Waals surface area contributed by atoms with Crippen LogP contribution in [0, 0.1) is 0 Å². The summed E-state index contributed by atoms with van der Waals surface area (Å²) in [6, 6.07) is 0. The van der Waals surface area contributed by atoms with Gasteiger partial charge in [-0.25, -0.2) is 4.98 Å². The Labute approximate surface area is 77.4 Å². The van der Waals surface area contributed by atoms with Gasteiger partial charge in [0.15, 0.2) is 0 Å². The number of aryl methyl sites for hydroxylation is 1. The van der Waals surface area contributed by atoms with Crippen LogP contribution in [0.25, 0.3) is 0 Å². The summed E-state index contributed by atoms with van der Waals surface area (Å²) in [7, 11) is 1.56. The number of rotatable bonds is 5. The number of hydrogen-bond donors (Lipinski definition) is 1. The average Bonchev–Trinajstić information content (AvgIpc) is 2.52. The van der Waals surface area contributed by atoms with Crippen LogP contribution in [0.15, 0.2) is 6.33 Å². The van der Waals surface area contributed by atoms with Crippen LogP contribution in [-0.2, 0) is 17.7 Å². The molecule has 0 saturated carbocycles. The number of nitrogens with zero attached hydrogens (tertiary/aromatic N) is 3. The Bertz CT molecular complexity index is 249. The van der Waals surface area contributed by atoms with Crippen molar-refractivity contribution in [1.29, 1.82) is 0 Å². The predicted octanol–water partition coefficient (Wildman–Crippen LogP) is -0.152. The van der Waals surface area contributed by atoms with E-state index in [0.717, 1.165) is 12.4 Å². The third-order valence-electron chi connectivity index (χ3n) is 1.77. The fourth-order valence-corrected chi connectivity index (χ4v) is 1.17. The molecule has 1 unspecified atom stereocenters. The molecule has 1 atom stereocenters. The highest BCUT2D eigenvalue weighted by Crippen LogP contribution is 1.99. The quantitative estimate of drug-likeness (QED) is 0.693. The lowest BCUT2D eigenvalue weighted by atomic mass is 10.2. The van der Waals surface area contributed by atoms with Crippen LogP contribution in [0.3, 0.4) is 0 Å². The second kappa shape index (κ2) is 4.94. The topological polar surface area (TPSA) is 60.2 Å². The first-order valence-corrected chi connectivity index (χ1v) is 4.31. The summed E-state index contributed by atoms with van der Waals surface area (Å²) < 4.78 is 6.58. The van der Waals surface area contributed by atoms with E-state index in [1.165, 1.54) is 6.33 Å². The summed E-state index contributed by atoms with van der Waals surface area (Å²) in [4.78, 5) is 4.05. The molecule has 0 aliphatic carbocycles. The van der Waals surface area contributed by atoms with Crippen molar-refractivity contribution < 1.29 is 9.84 Å². The van der Waals surface area contributed by atoms with Gasteiger partial charge in [-0.2, -0.15) is 5.10 Å². The van der Waals surface area contributed by atoms with E-state index in [4.69, 9.17) is 4.74 Å². The number of methoxy groups -OCH3 is 1. The van der Waals surface area contributed by atoms with Gasteiger partial charge < -0.3 is 9.84 Å². The molecule has 1 heterocycles. The van der Waals surface area contributed by atoms with Crippen LogP contribution in [0.5, 0.6) is 0 Å². The molecule has 5 nitrogen and oxygen atoms in total. The van der Waals surface area contributed by atoms with Gasteiger partial charge in [0.25, 0.3) is 0 Å². The summed E-state index contributed by atoms with van der Waals surface area (Å²) in [5, 5.41) is 13.4. The minimum absolute atomic E-state index is 0.330. The van der Waals surface area contributed by atoms with Crippen LogP contribution < -0.4 is 0 Å². The third kappa shape index (κ3) is 2.78. The number of aliphatic hydroxyl groups is 1. The number of ether oxygens (including phenoxy) is 1. The van der Waals surface area contributed by atoms with E-state index in [0.29, 0.717) is 13.0 Å². The van der Waals surface area contributed by atoms with Gasteiger partial charge >= 0.3 is 0 Å². The maximum Gasteiger partial charge on any atom is 0.138 e. The van der Waals surface area contributed by atoms with E-state index in [9.17, 15) is 5.11 Å². The molecule has 1 rings (SSSR count). The fraction of sp³-hybridized carbons (Fsp3) is 0.750. The zero-order chi connectivity index (χ0) is 9.68. The van der Waals surface area contributed by atoms with Crippen molar-refractivity contribution in [2.75, 3.05) is 13.7 Å². The molecular formula is C8H15N3O2. The van der Waals surface area contributed by atoms with Crippen molar-refractivity contribution in [3.8, 4) is 0 Å². The van der Waals surface area contributed by atoms with Crippen LogP contribution in [0.2, 0.25) is 0 Å². The van der Waals surface area contributed by atoms with Gasteiger partial charge in [-0.15, -0.1) is 0 Å². The summed E-state index contributed by atoms with van der Waals surface area (Å²) in [5.74, 6) is 0.798. The van der Waals surface area contributed by atoms with Gasteiger partial charge in [0.1, 0.15) is 12.2 Å². The number of aliphatic hydroxyl groups excluding tert-OH is 1. The molecular weight excluding hydrogens is 170 g/mol. The van der Waals surface area contributed by atoms with Gasteiger partial charge in [0, 0.05) is 20.1 Å². The van der Waals surface area contributed by atoms with Gasteiger partial charge in [-0.3, -0.25) is 4.68 Å². The van der Waals surface area contributed by atoms with Crippen molar-refractivity contribution in [3.63, 3.8) is 0 Å². The summed E-state index contributed by atoms with van der Waals surface area (Å²) >= 11 is 0. The highest BCUT2D eigenvalue weighted by atomic mass is 16.5. The lowest BCUT2D eigenvalue weighted by molar-refractivity contribution is 0.0631. The van der Waals surface area contributed by atoms with E-state index >= 15 is 0 Å². The maximum absolute atomic E-state index is 9.43. The Morgan fingerprint density at radius 1 is 1.69 bits per heavy atom. The molecule has 13 heavy (non-hydrogen) atoms. The van der Waals surface area contributed by atoms with E-state index in [2.05, 4.69) is 10.1 Å². The average molecular weight is 185 g/mol. The lowest BCUT2D eigenvalue weighted by Gasteiger charge is -2.08. The maximum atomic E-state index is 9.43. The Balaban J connectivity index is 2.52. The van der Waals surface area contributed by atoms with Crippen LogP contribution in [-0.4, -0.2) is 39.7 Å². The number of hydrogen-bond acceptors (Lipinski definition) is 4. The van der Waals surface area contributed by atoms with E-state index < -0.39 is 6.10 Å². The Morgan fingerprint density at radius 2 is 2.46 bits per heavy atom. The first-order valence-electron chi connectivity index (χ1n) is 4.31. The molecule has 1 aromatic heterocycles. The van der Waals surface area contributed by atoms with E-state index in [1.807, 2.05) is 6.92 Å². The molecule has 5 heteroatoms. The zero-order valence-corrected chi connectivity index (χ0v) is 7.97. The van der Waals surface area contributed by atoms with E-state index in [-0.39, 0.29) is 0 Å². The molecule has 0 aliphatic heterocycles. The molecule has 0 fully saturated rings. The van der Waals surface area contributed by atoms with Gasteiger partial charge in [-0.1, -0.05) is 0 Å². The Kier molecular flexibility index (Phi) is 3.85. The summed E-state index contributed by atoms with van der Waals surface area (Å²) in [5.41, 5.74) is 0. The smallest absolute Gasteiger partial charge is 0.138 e. The molecule has 0 amide bonds. The molecule has 74 valence electrons. The summed E-state index contributed by atoms with van der Waals surface area (Å²) in [6.07, 6.45) is 1.49. The van der Waals surface area contributed by atoms with Gasteiger partial charge in [0.05, 0.1) is 12.7 Å². The minimum Gasteiger partial charge on any atom is -0.390 e. The molecule has 0 aliphatic rings. The SMILES string of the molecule is CCn1ncnc1CC(O)COC. The second-order valence-corrected chi connectivity index (χ2v) is 2.81. The normalized spacial score (nSPS) is 13.2. The van der Waals surface area contributed by atoms with Crippen molar-refractivity contribution in [2.24, 2.45) is 0 Å². The highest BCUT2D eigenvalue weighted by molar-refractivity contribution is 4.87. The Morgan fingerprint density at radius 3 is 3.08 bits per heavy atom. The van der Waals surface area contributed by atoms with Crippen molar-refractivity contribution in [1.82, 2.24) is 14.8 Å². The van der Waals surface area contributed by atoms with Crippen LogP contribution in [0.4, 0.5) is 0 Å².